The van der Waals surface area contributed by atoms with E-state index in [1.54, 1.807) is 0 Å². The van der Waals surface area contributed by atoms with Gasteiger partial charge in [-0.1, -0.05) is 0 Å². The molecule has 2 N–H and O–H groups in total. The van der Waals surface area contributed by atoms with E-state index in [9.17, 15) is 0 Å². The third-order valence-corrected chi connectivity index (χ3v) is 1.43. The van der Waals surface area contributed by atoms with Crippen LogP contribution in [0.1, 0.15) is 5.82 Å². The van der Waals surface area contributed by atoms with Gasteiger partial charge in [0.05, 0.1) is 6.54 Å². The van der Waals surface area contributed by atoms with Gasteiger partial charge in [0.25, 0.3) is 5.88 Å². The average Bonchev–Trinajstić information content (AvgIpc) is 2.27. The molecule has 0 saturated heterocycles. The molecular weight excluding hydrogens is 130 g/mol. The predicted octanol–water partition coefficient (Wildman–Crippen LogP) is 0.522. The monoisotopic (exact) mass is 139 g/mol. The van der Waals surface area contributed by atoms with Crippen LogP contribution in [0.4, 0.5) is 5.82 Å². The number of aromatic nitrogens is 2. The maximum Gasteiger partial charge on any atom is 0.257 e. The molecule has 1 aliphatic heterocycles. The van der Waals surface area contributed by atoms with Gasteiger partial charge in [0.15, 0.2) is 5.82 Å². The standard InChI is InChI=1S/C6H9N3O/c1-4-8-5-6(9-4)10-3-2-7-5/h7H,2-3H2,1H3,(H,8,9). The average molecular weight is 139 g/mol. The highest BCUT2D eigenvalue weighted by Gasteiger charge is 2.12. The molecule has 2 rings (SSSR count). The van der Waals surface area contributed by atoms with E-state index in [0.717, 1.165) is 18.2 Å². The molecule has 4 heteroatoms. The summed E-state index contributed by atoms with van der Waals surface area (Å²) in [6.07, 6.45) is 0. The molecule has 0 unspecified atom stereocenters. The number of hydrogen-bond donors (Lipinski definition) is 2. The molecule has 1 aromatic rings. The zero-order valence-corrected chi connectivity index (χ0v) is 5.77. The molecule has 0 aromatic carbocycles. The van der Waals surface area contributed by atoms with Crippen LogP contribution in [0.3, 0.4) is 0 Å². The van der Waals surface area contributed by atoms with Crippen LogP contribution in [-0.2, 0) is 0 Å². The summed E-state index contributed by atoms with van der Waals surface area (Å²) in [5.41, 5.74) is 0. The summed E-state index contributed by atoms with van der Waals surface area (Å²) < 4.78 is 5.24. The van der Waals surface area contributed by atoms with E-state index in [1.807, 2.05) is 6.92 Å². The van der Waals surface area contributed by atoms with Crippen LogP contribution in [0.5, 0.6) is 5.88 Å². The van der Waals surface area contributed by atoms with Gasteiger partial charge >= 0.3 is 0 Å². The number of aryl methyl sites for hydroxylation is 1. The first kappa shape index (κ1) is 5.58. The summed E-state index contributed by atoms with van der Waals surface area (Å²) >= 11 is 0. The molecule has 0 fully saturated rings. The predicted molar refractivity (Wildman–Crippen MR) is 37.3 cm³/mol. The van der Waals surface area contributed by atoms with E-state index >= 15 is 0 Å². The molecule has 0 amide bonds. The summed E-state index contributed by atoms with van der Waals surface area (Å²) in [6, 6.07) is 0. The Bertz CT molecular complexity index is 220. The van der Waals surface area contributed by atoms with Crippen LogP contribution in [0, 0.1) is 6.92 Å². The number of aromatic amines is 1. The van der Waals surface area contributed by atoms with E-state index in [2.05, 4.69) is 15.3 Å². The van der Waals surface area contributed by atoms with Crippen LogP contribution in [-0.4, -0.2) is 23.1 Å². The molecule has 0 saturated carbocycles. The summed E-state index contributed by atoms with van der Waals surface area (Å²) in [4.78, 5) is 7.16. The highest BCUT2D eigenvalue weighted by atomic mass is 16.5. The molecule has 0 radical (unpaired) electrons. The van der Waals surface area contributed by atoms with Crippen LogP contribution < -0.4 is 10.1 Å². The lowest BCUT2D eigenvalue weighted by molar-refractivity contribution is 0.312. The Morgan fingerprint density at radius 1 is 1.60 bits per heavy atom. The van der Waals surface area contributed by atoms with Gasteiger partial charge in [0.2, 0.25) is 0 Å². The van der Waals surface area contributed by atoms with E-state index < -0.39 is 0 Å². The van der Waals surface area contributed by atoms with Gasteiger partial charge in [-0.05, 0) is 6.92 Å². The SMILES string of the molecule is Cc1nc2c([nH]1)NCCO2. The van der Waals surface area contributed by atoms with Gasteiger partial charge in [0.1, 0.15) is 12.4 Å². The Kier molecular flexibility index (Phi) is 1.06. The van der Waals surface area contributed by atoms with Gasteiger partial charge in [-0.25, -0.2) is 0 Å². The Morgan fingerprint density at radius 3 is 3.30 bits per heavy atom. The second-order valence-electron chi connectivity index (χ2n) is 2.28. The fourth-order valence-corrected chi connectivity index (χ4v) is 1.02. The van der Waals surface area contributed by atoms with Gasteiger partial charge < -0.3 is 15.0 Å². The van der Waals surface area contributed by atoms with Crippen LogP contribution >= 0.6 is 0 Å². The minimum atomic E-state index is 0.698. The molecule has 1 aliphatic rings. The summed E-state index contributed by atoms with van der Waals surface area (Å²) in [5.74, 6) is 2.49. The zero-order valence-electron chi connectivity index (χ0n) is 5.77. The van der Waals surface area contributed by atoms with Crippen LogP contribution in [0.25, 0.3) is 0 Å². The number of nitrogens with one attached hydrogen (secondary N) is 2. The second kappa shape index (κ2) is 1.90. The van der Waals surface area contributed by atoms with E-state index in [4.69, 9.17) is 4.74 Å². The Hall–Kier alpha value is -1.19. The van der Waals surface area contributed by atoms with Crippen molar-refractivity contribution in [1.82, 2.24) is 9.97 Å². The molecule has 4 nitrogen and oxygen atoms in total. The lowest BCUT2D eigenvalue weighted by Crippen LogP contribution is -2.17. The maximum absolute atomic E-state index is 5.24. The van der Waals surface area contributed by atoms with E-state index in [-0.39, 0.29) is 0 Å². The summed E-state index contributed by atoms with van der Waals surface area (Å²) in [6.45, 7) is 3.47. The first-order valence-electron chi connectivity index (χ1n) is 3.29. The first-order valence-corrected chi connectivity index (χ1v) is 3.29. The Balaban J connectivity index is 2.41. The van der Waals surface area contributed by atoms with Gasteiger partial charge in [0, 0.05) is 0 Å². The summed E-state index contributed by atoms with van der Waals surface area (Å²) in [7, 11) is 0. The molecule has 0 bridgehead atoms. The van der Waals surface area contributed by atoms with Crippen LogP contribution in [0.2, 0.25) is 0 Å². The van der Waals surface area contributed by atoms with Crippen molar-refractivity contribution in [2.24, 2.45) is 0 Å². The number of fused-ring (bicyclic) bond motifs is 1. The van der Waals surface area contributed by atoms with Crippen molar-refractivity contribution in [3.8, 4) is 5.88 Å². The van der Waals surface area contributed by atoms with Crippen molar-refractivity contribution in [2.45, 2.75) is 6.92 Å². The number of nitrogens with zero attached hydrogens (tertiary/aromatic N) is 1. The summed E-state index contributed by atoms with van der Waals surface area (Å²) in [5, 5.41) is 3.14. The highest BCUT2D eigenvalue weighted by Crippen LogP contribution is 2.22. The minimum absolute atomic E-state index is 0.698. The maximum atomic E-state index is 5.24. The van der Waals surface area contributed by atoms with Crippen LogP contribution in [0.15, 0.2) is 0 Å². The van der Waals surface area contributed by atoms with Crippen molar-refractivity contribution >= 4 is 5.82 Å². The fraction of sp³-hybridized carbons (Fsp3) is 0.500. The molecule has 1 aromatic heterocycles. The van der Waals surface area contributed by atoms with Crippen molar-refractivity contribution in [3.05, 3.63) is 5.82 Å². The Morgan fingerprint density at radius 2 is 2.50 bits per heavy atom. The number of rotatable bonds is 0. The van der Waals surface area contributed by atoms with Crippen molar-refractivity contribution in [3.63, 3.8) is 0 Å². The van der Waals surface area contributed by atoms with Crippen molar-refractivity contribution < 1.29 is 4.74 Å². The number of hydrogen-bond acceptors (Lipinski definition) is 3. The fourth-order valence-electron chi connectivity index (χ4n) is 1.02. The zero-order chi connectivity index (χ0) is 6.97. The lowest BCUT2D eigenvalue weighted by Gasteiger charge is -2.12. The molecule has 0 spiro atoms. The topological polar surface area (TPSA) is 49.9 Å². The quantitative estimate of drug-likeness (QED) is 0.551. The largest absolute Gasteiger partial charge is 0.473 e. The Labute approximate surface area is 58.6 Å². The minimum Gasteiger partial charge on any atom is -0.473 e. The first-order chi connectivity index (χ1) is 4.86. The van der Waals surface area contributed by atoms with Crippen molar-refractivity contribution in [2.75, 3.05) is 18.5 Å². The van der Waals surface area contributed by atoms with Gasteiger partial charge in [-0.2, -0.15) is 4.98 Å². The molecular formula is C6H9N3O. The molecule has 0 aliphatic carbocycles. The number of anilines is 1. The number of H-pyrrole nitrogens is 1. The second-order valence-corrected chi connectivity index (χ2v) is 2.28. The smallest absolute Gasteiger partial charge is 0.257 e. The number of ether oxygens (including phenoxy) is 1. The van der Waals surface area contributed by atoms with Gasteiger partial charge in [-0.3, -0.25) is 0 Å². The molecule has 54 valence electrons. The highest BCUT2D eigenvalue weighted by molar-refractivity contribution is 5.47. The molecule has 10 heavy (non-hydrogen) atoms. The third-order valence-electron chi connectivity index (χ3n) is 1.43. The van der Waals surface area contributed by atoms with E-state index in [0.29, 0.717) is 12.5 Å². The molecule has 2 heterocycles. The normalized spacial score (nSPS) is 15.3. The molecule has 0 atom stereocenters. The van der Waals surface area contributed by atoms with E-state index in [1.165, 1.54) is 0 Å². The van der Waals surface area contributed by atoms with Gasteiger partial charge in [-0.15, -0.1) is 0 Å². The third kappa shape index (κ3) is 0.725. The lowest BCUT2D eigenvalue weighted by atomic mass is 10.5. The number of imidazole rings is 1. The van der Waals surface area contributed by atoms with Crippen molar-refractivity contribution in [1.29, 1.82) is 0 Å².